The SMILES string of the molecule is CCC=CCCC1CC1CN(C(=O)CC)C(C)C. The average Bonchev–Trinajstić information content (AvgIpc) is 3.09. The Labute approximate surface area is 112 Å². The lowest BCUT2D eigenvalue weighted by Crippen LogP contribution is -2.38. The molecule has 0 aliphatic heterocycles. The van der Waals surface area contributed by atoms with E-state index in [9.17, 15) is 4.79 Å². The molecule has 2 unspecified atom stereocenters. The molecule has 1 aliphatic carbocycles. The van der Waals surface area contributed by atoms with Crippen molar-refractivity contribution in [2.75, 3.05) is 6.54 Å². The third-order valence-corrected chi connectivity index (χ3v) is 3.85. The minimum absolute atomic E-state index is 0.307. The summed E-state index contributed by atoms with van der Waals surface area (Å²) in [5, 5.41) is 0. The van der Waals surface area contributed by atoms with E-state index in [4.69, 9.17) is 0 Å². The van der Waals surface area contributed by atoms with Gasteiger partial charge < -0.3 is 4.90 Å². The molecule has 2 heteroatoms. The molecule has 1 fully saturated rings. The second-order valence-electron chi connectivity index (χ2n) is 5.71. The van der Waals surface area contributed by atoms with Gasteiger partial charge in [-0.3, -0.25) is 4.79 Å². The van der Waals surface area contributed by atoms with Crippen LogP contribution in [0.2, 0.25) is 0 Å². The van der Waals surface area contributed by atoms with Gasteiger partial charge in [-0.1, -0.05) is 26.0 Å². The van der Waals surface area contributed by atoms with Crippen LogP contribution in [0.5, 0.6) is 0 Å². The van der Waals surface area contributed by atoms with E-state index >= 15 is 0 Å². The summed E-state index contributed by atoms with van der Waals surface area (Å²) in [6.07, 6.45) is 10.1. The van der Waals surface area contributed by atoms with Gasteiger partial charge >= 0.3 is 0 Å². The van der Waals surface area contributed by atoms with Crippen molar-refractivity contribution in [2.24, 2.45) is 11.8 Å². The molecule has 0 aromatic heterocycles. The Bertz CT molecular complexity index is 283. The van der Waals surface area contributed by atoms with Gasteiger partial charge in [0.1, 0.15) is 0 Å². The highest BCUT2D eigenvalue weighted by Gasteiger charge is 2.38. The summed E-state index contributed by atoms with van der Waals surface area (Å²) >= 11 is 0. The Kier molecular flexibility index (Phi) is 6.45. The van der Waals surface area contributed by atoms with Crippen LogP contribution in [0.4, 0.5) is 0 Å². The van der Waals surface area contributed by atoms with Gasteiger partial charge in [0, 0.05) is 19.0 Å². The van der Waals surface area contributed by atoms with Crippen molar-refractivity contribution in [3.8, 4) is 0 Å². The second kappa shape index (κ2) is 7.60. The van der Waals surface area contributed by atoms with Gasteiger partial charge in [0.15, 0.2) is 0 Å². The van der Waals surface area contributed by atoms with Crippen LogP contribution in [0.25, 0.3) is 0 Å². The van der Waals surface area contributed by atoms with Crippen LogP contribution in [0, 0.1) is 11.8 Å². The summed E-state index contributed by atoms with van der Waals surface area (Å²) in [5.74, 6) is 1.93. The van der Waals surface area contributed by atoms with Crippen molar-refractivity contribution in [3.63, 3.8) is 0 Å². The Balaban J connectivity index is 2.27. The number of hydrogen-bond donors (Lipinski definition) is 0. The minimum atomic E-state index is 0.307. The quantitative estimate of drug-likeness (QED) is 0.597. The summed E-state index contributed by atoms with van der Waals surface area (Å²) in [7, 11) is 0. The van der Waals surface area contributed by atoms with Crippen molar-refractivity contribution >= 4 is 5.91 Å². The van der Waals surface area contributed by atoms with Gasteiger partial charge in [-0.05, 0) is 51.4 Å². The van der Waals surface area contributed by atoms with E-state index in [0.29, 0.717) is 18.4 Å². The third-order valence-electron chi connectivity index (χ3n) is 3.85. The topological polar surface area (TPSA) is 20.3 Å². The van der Waals surface area contributed by atoms with Crippen molar-refractivity contribution in [2.45, 2.75) is 65.8 Å². The summed E-state index contributed by atoms with van der Waals surface area (Å²) in [4.78, 5) is 13.9. The van der Waals surface area contributed by atoms with E-state index in [1.165, 1.54) is 19.3 Å². The van der Waals surface area contributed by atoms with Crippen LogP contribution < -0.4 is 0 Å². The minimum Gasteiger partial charge on any atom is -0.340 e. The van der Waals surface area contributed by atoms with Gasteiger partial charge in [0.25, 0.3) is 0 Å². The Morgan fingerprint density at radius 1 is 1.28 bits per heavy atom. The van der Waals surface area contributed by atoms with Crippen LogP contribution in [0.15, 0.2) is 12.2 Å². The number of nitrogens with zero attached hydrogens (tertiary/aromatic N) is 1. The molecule has 0 spiro atoms. The number of allylic oxidation sites excluding steroid dienone is 2. The molecule has 1 amide bonds. The number of hydrogen-bond acceptors (Lipinski definition) is 1. The number of amides is 1. The number of carbonyl (C=O) groups excluding carboxylic acids is 1. The van der Waals surface area contributed by atoms with Crippen molar-refractivity contribution in [3.05, 3.63) is 12.2 Å². The zero-order chi connectivity index (χ0) is 13.5. The van der Waals surface area contributed by atoms with Gasteiger partial charge in [-0.15, -0.1) is 0 Å². The van der Waals surface area contributed by atoms with E-state index in [1.807, 2.05) is 6.92 Å². The highest BCUT2D eigenvalue weighted by Crippen LogP contribution is 2.42. The molecular weight excluding hydrogens is 222 g/mol. The first-order valence-electron chi connectivity index (χ1n) is 7.54. The second-order valence-corrected chi connectivity index (χ2v) is 5.71. The molecule has 1 aliphatic rings. The maximum Gasteiger partial charge on any atom is 0.222 e. The zero-order valence-electron chi connectivity index (χ0n) is 12.5. The molecule has 104 valence electrons. The Hall–Kier alpha value is -0.790. The van der Waals surface area contributed by atoms with Gasteiger partial charge in [0.2, 0.25) is 5.91 Å². The predicted octanol–water partition coefficient (Wildman–Crippen LogP) is 4.02. The first-order chi connectivity index (χ1) is 8.60. The monoisotopic (exact) mass is 251 g/mol. The fourth-order valence-electron chi connectivity index (χ4n) is 2.54. The van der Waals surface area contributed by atoms with Gasteiger partial charge in [-0.2, -0.15) is 0 Å². The molecule has 1 rings (SSSR count). The molecule has 0 saturated heterocycles. The molecule has 0 aromatic carbocycles. The Morgan fingerprint density at radius 2 is 2.00 bits per heavy atom. The van der Waals surface area contributed by atoms with Crippen LogP contribution in [0.3, 0.4) is 0 Å². The summed E-state index contributed by atoms with van der Waals surface area (Å²) < 4.78 is 0. The maximum atomic E-state index is 11.8. The summed E-state index contributed by atoms with van der Waals surface area (Å²) in [5.41, 5.74) is 0. The Morgan fingerprint density at radius 3 is 2.56 bits per heavy atom. The number of carbonyl (C=O) groups is 1. The maximum absolute atomic E-state index is 11.8. The highest BCUT2D eigenvalue weighted by atomic mass is 16.2. The molecule has 0 N–H and O–H groups in total. The standard InChI is InChI=1S/C16H29NO/c1-5-7-8-9-10-14-11-15(14)12-17(13(3)4)16(18)6-2/h7-8,13-15H,5-6,9-12H2,1-4H3. The smallest absolute Gasteiger partial charge is 0.222 e. The average molecular weight is 251 g/mol. The predicted molar refractivity (Wildman–Crippen MR) is 77.4 cm³/mol. The molecule has 0 heterocycles. The first-order valence-corrected chi connectivity index (χ1v) is 7.54. The summed E-state index contributed by atoms with van der Waals surface area (Å²) in [6.45, 7) is 9.35. The van der Waals surface area contributed by atoms with Crippen LogP contribution in [0.1, 0.15) is 59.8 Å². The third kappa shape index (κ3) is 4.83. The van der Waals surface area contributed by atoms with Crippen LogP contribution in [-0.4, -0.2) is 23.4 Å². The van der Waals surface area contributed by atoms with E-state index in [0.717, 1.165) is 24.8 Å². The van der Waals surface area contributed by atoms with Gasteiger partial charge in [-0.25, -0.2) is 0 Å². The largest absolute Gasteiger partial charge is 0.340 e. The fourth-order valence-corrected chi connectivity index (χ4v) is 2.54. The van der Waals surface area contributed by atoms with E-state index in [1.54, 1.807) is 0 Å². The van der Waals surface area contributed by atoms with Crippen molar-refractivity contribution in [1.82, 2.24) is 4.90 Å². The molecule has 2 atom stereocenters. The zero-order valence-corrected chi connectivity index (χ0v) is 12.5. The molecular formula is C16H29NO. The lowest BCUT2D eigenvalue weighted by atomic mass is 10.1. The summed E-state index contributed by atoms with van der Waals surface area (Å²) in [6, 6.07) is 0.346. The fraction of sp³-hybridized carbons (Fsp3) is 0.812. The number of rotatable bonds is 8. The lowest BCUT2D eigenvalue weighted by Gasteiger charge is -2.26. The lowest BCUT2D eigenvalue weighted by molar-refractivity contribution is -0.132. The molecule has 0 aromatic rings. The van der Waals surface area contributed by atoms with E-state index in [-0.39, 0.29) is 0 Å². The van der Waals surface area contributed by atoms with Crippen molar-refractivity contribution < 1.29 is 4.79 Å². The molecule has 1 saturated carbocycles. The molecule has 2 nitrogen and oxygen atoms in total. The van der Waals surface area contributed by atoms with E-state index < -0.39 is 0 Å². The molecule has 18 heavy (non-hydrogen) atoms. The van der Waals surface area contributed by atoms with E-state index in [2.05, 4.69) is 37.8 Å². The van der Waals surface area contributed by atoms with Crippen LogP contribution in [-0.2, 0) is 4.79 Å². The molecule has 0 bridgehead atoms. The van der Waals surface area contributed by atoms with Gasteiger partial charge in [0.05, 0.1) is 0 Å². The van der Waals surface area contributed by atoms with Crippen molar-refractivity contribution in [1.29, 1.82) is 0 Å². The highest BCUT2D eigenvalue weighted by molar-refractivity contribution is 5.76. The molecule has 0 radical (unpaired) electrons. The van der Waals surface area contributed by atoms with Crippen LogP contribution >= 0.6 is 0 Å². The first kappa shape index (κ1) is 15.3. The normalized spacial score (nSPS) is 22.7.